The Labute approximate surface area is 179 Å². The van der Waals surface area contributed by atoms with E-state index in [2.05, 4.69) is 25.3 Å². The lowest BCUT2D eigenvalue weighted by Gasteiger charge is -2.29. The summed E-state index contributed by atoms with van der Waals surface area (Å²) in [7, 11) is 0. The van der Waals surface area contributed by atoms with Crippen LogP contribution in [0, 0.1) is 0 Å². The monoisotopic (exact) mass is 444 g/mol. The van der Waals surface area contributed by atoms with Crippen LogP contribution in [-0.4, -0.2) is 49.0 Å². The topological polar surface area (TPSA) is 150 Å². The standard InChI is InChI=1S/C19H20N6O5S/c1-19(2,3)30-18(29)25-5-4-11-12(8-25)31-17(21-11)24-14(26)9-6-10-13(20-7-9)22-16(28)23-15(10)27/h6-7H,4-5,8H2,1-3H3,(H,21,24,26)(H2,20,22,23,27,28). The zero-order valence-corrected chi connectivity index (χ0v) is 17.9. The van der Waals surface area contributed by atoms with Crippen LogP contribution in [-0.2, 0) is 17.7 Å². The summed E-state index contributed by atoms with van der Waals surface area (Å²) in [4.78, 5) is 63.6. The minimum Gasteiger partial charge on any atom is -0.444 e. The number of H-pyrrole nitrogens is 2. The van der Waals surface area contributed by atoms with Crippen molar-refractivity contribution in [2.75, 3.05) is 11.9 Å². The van der Waals surface area contributed by atoms with E-state index < -0.39 is 22.8 Å². The number of anilines is 1. The highest BCUT2D eigenvalue weighted by Crippen LogP contribution is 2.29. The van der Waals surface area contributed by atoms with E-state index in [1.807, 2.05) is 20.8 Å². The van der Waals surface area contributed by atoms with E-state index >= 15 is 0 Å². The summed E-state index contributed by atoms with van der Waals surface area (Å²) in [6.07, 6.45) is 1.44. The van der Waals surface area contributed by atoms with Crippen LogP contribution in [0.1, 0.15) is 41.7 Å². The molecule has 31 heavy (non-hydrogen) atoms. The molecule has 0 bridgehead atoms. The fraction of sp³-hybridized carbons (Fsp3) is 0.368. The van der Waals surface area contributed by atoms with Crippen LogP contribution in [0.4, 0.5) is 9.93 Å². The summed E-state index contributed by atoms with van der Waals surface area (Å²) in [6.45, 7) is 6.28. The van der Waals surface area contributed by atoms with E-state index in [-0.39, 0.29) is 22.7 Å². The number of thiazole rings is 1. The van der Waals surface area contributed by atoms with Gasteiger partial charge in [0.2, 0.25) is 0 Å². The molecule has 0 radical (unpaired) electrons. The molecule has 0 saturated carbocycles. The maximum absolute atomic E-state index is 12.6. The second kappa shape index (κ2) is 7.61. The molecule has 3 aromatic heterocycles. The lowest BCUT2D eigenvalue weighted by Crippen LogP contribution is -2.39. The molecule has 0 aliphatic carbocycles. The molecule has 1 aliphatic rings. The second-order valence-corrected chi connectivity index (χ2v) is 9.11. The fourth-order valence-electron chi connectivity index (χ4n) is 3.07. The molecule has 0 unspecified atom stereocenters. The summed E-state index contributed by atoms with van der Waals surface area (Å²) in [5.41, 5.74) is -0.812. The predicted molar refractivity (Wildman–Crippen MR) is 113 cm³/mol. The first-order valence-electron chi connectivity index (χ1n) is 9.49. The fourth-order valence-corrected chi connectivity index (χ4v) is 4.09. The number of carbonyl (C=O) groups is 2. The second-order valence-electron chi connectivity index (χ2n) is 8.02. The highest BCUT2D eigenvalue weighted by Gasteiger charge is 2.28. The van der Waals surface area contributed by atoms with Crippen molar-refractivity contribution in [1.29, 1.82) is 0 Å². The van der Waals surface area contributed by atoms with Crippen LogP contribution in [0.15, 0.2) is 21.9 Å². The highest BCUT2D eigenvalue weighted by atomic mass is 32.1. The summed E-state index contributed by atoms with van der Waals surface area (Å²) in [6, 6.07) is 1.35. The molecule has 0 aromatic carbocycles. The van der Waals surface area contributed by atoms with Gasteiger partial charge in [-0.3, -0.25) is 24.9 Å². The van der Waals surface area contributed by atoms with E-state index in [4.69, 9.17) is 4.74 Å². The molecule has 3 N–H and O–H groups in total. The molecule has 2 amide bonds. The number of carbonyl (C=O) groups excluding carboxylic acids is 2. The minimum absolute atomic E-state index is 0.0947. The molecule has 3 aromatic rings. The molecule has 11 nitrogen and oxygen atoms in total. The summed E-state index contributed by atoms with van der Waals surface area (Å²) < 4.78 is 5.42. The van der Waals surface area contributed by atoms with Crippen molar-refractivity contribution < 1.29 is 14.3 Å². The summed E-state index contributed by atoms with van der Waals surface area (Å²) >= 11 is 1.28. The van der Waals surface area contributed by atoms with Gasteiger partial charge >= 0.3 is 11.8 Å². The quantitative estimate of drug-likeness (QED) is 0.543. The number of ether oxygens (including phenoxy) is 1. The van der Waals surface area contributed by atoms with E-state index in [1.54, 1.807) is 4.90 Å². The van der Waals surface area contributed by atoms with E-state index in [9.17, 15) is 19.2 Å². The molecule has 162 valence electrons. The summed E-state index contributed by atoms with van der Waals surface area (Å²) in [5.74, 6) is -0.491. The van der Waals surface area contributed by atoms with Crippen LogP contribution in [0.2, 0.25) is 0 Å². The molecule has 1 aliphatic heterocycles. The Morgan fingerprint density at radius 1 is 1.26 bits per heavy atom. The lowest BCUT2D eigenvalue weighted by atomic mass is 10.2. The molecule has 4 rings (SSSR count). The number of aromatic nitrogens is 4. The number of nitrogens with zero attached hydrogens (tertiary/aromatic N) is 3. The minimum atomic E-state index is -0.670. The first-order chi connectivity index (χ1) is 14.6. The van der Waals surface area contributed by atoms with E-state index in [0.29, 0.717) is 24.6 Å². The maximum Gasteiger partial charge on any atom is 0.410 e. The molecular weight excluding hydrogens is 424 g/mol. The first kappa shape index (κ1) is 20.7. The van der Waals surface area contributed by atoms with Gasteiger partial charge in [-0.15, -0.1) is 0 Å². The molecule has 12 heteroatoms. The SMILES string of the molecule is CC(C)(C)OC(=O)N1CCc2nc(NC(=O)c3cnc4[nH]c(=O)[nH]c(=O)c4c3)sc2C1. The van der Waals surface area contributed by atoms with Crippen molar-refractivity contribution in [2.24, 2.45) is 0 Å². The number of fused-ring (bicyclic) bond motifs is 2. The third kappa shape index (κ3) is 4.48. The van der Waals surface area contributed by atoms with Gasteiger partial charge in [-0.2, -0.15) is 0 Å². The Morgan fingerprint density at radius 3 is 2.77 bits per heavy atom. The number of aromatic amines is 2. The van der Waals surface area contributed by atoms with Crippen molar-refractivity contribution in [3.05, 3.63) is 49.2 Å². The molecule has 4 heterocycles. The van der Waals surface area contributed by atoms with Crippen molar-refractivity contribution in [3.8, 4) is 0 Å². The normalized spacial score (nSPS) is 13.7. The van der Waals surface area contributed by atoms with Gasteiger partial charge in [-0.05, 0) is 26.8 Å². The van der Waals surface area contributed by atoms with Gasteiger partial charge in [-0.25, -0.2) is 19.6 Å². The van der Waals surface area contributed by atoms with Crippen molar-refractivity contribution in [1.82, 2.24) is 24.8 Å². The summed E-state index contributed by atoms with van der Waals surface area (Å²) in [5, 5.41) is 3.18. The third-order valence-electron chi connectivity index (χ3n) is 4.46. The van der Waals surface area contributed by atoms with Gasteiger partial charge < -0.3 is 9.64 Å². The van der Waals surface area contributed by atoms with Gasteiger partial charge in [0, 0.05) is 24.0 Å². The van der Waals surface area contributed by atoms with Gasteiger partial charge in [-0.1, -0.05) is 11.3 Å². The number of hydrogen-bond donors (Lipinski definition) is 3. The zero-order valence-electron chi connectivity index (χ0n) is 17.1. The van der Waals surface area contributed by atoms with Crippen LogP contribution >= 0.6 is 11.3 Å². The van der Waals surface area contributed by atoms with E-state index in [1.165, 1.54) is 23.6 Å². The molecule has 0 spiro atoms. The van der Waals surface area contributed by atoms with Crippen molar-refractivity contribution in [3.63, 3.8) is 0 Å². The average molecular weight is 444 g/mol. The van der Waals surface area contributed by atoms with Crippen LogP contribution in [0.5, 0.6) is 0 Å². The van der Waals surface area contributed by atoms with Gasteiger partial charge in [0.05, 0.1) is 23.2 Å². The van der Waals surface area contributed by atoms with Crippen LogP contribution in [0.25, 0.3) is 11.0 Å². The Hall–Kier alpha value is -3.54. The lowest BCUT2D eigenvalue weighted by molar-refractivity contribution is 0.0225. The van der Waals surface area contributed by atoms with Gasteiger partial charge in [0.25, 0.3) is 11.5 Å². The molecule has 0 saturated heterocycles. The third-order valence-corrected chi connectivity index (χ3v) is 5.45. The largest absolute Gasteiger partial charge is 0.444 e. The van der Waals surface area contributed by atoms with E-state index in [0.717, 1.165) is 10.6 Å². The molecule has 0 atom stereocenters. The molecule has 0 fully saturated rings. The Kier molecular flexibility index (Phi) is 5.09. The number of nitrogens with one attached hydrogen (secondary N) is 3. The number of rotatable bonds is 2. The average Bonchev–Trinajstić information content (AvgIpc) is 3.07. The highest BCUT2D eigenvalue weighted by molar-refractivity contribution is 7.15. The number of hydrogen-bond acceptors (Lipinski definition) is 8. The Bertz CT molecular complexity index is 1300. The first-order valence-corrected chi connectivity index (χ1v) is 10.3. The van der Waals surface area contributed by atoms with Crippen LogP contribution in [0.3, 0.4) is 0 Å². The van der Waals surface area contributed by atoms with Crippen molar-refractivity contribution in [2.45, 2.75) is 39.3 Å². The maximum atomic E-state index is 12.6. The molecular formula is C19H20N6O5S. The van der Waals surface area contributed by atoms with Gasteiger partial charge in [0.15, 0.2) is 5.13 Å². The zero-order chi connectivity index (χ0) is 22.3. The Balaban J connectivity index is 1.50. The predicted octanol–water partition coefficient (Wildman–Crippen LogP) is 1.61. The smallest absolute Gasteiger partial charge is 0.410 e. The Morgan fingerprint density at radius 2 is 2.03 bits per heavy atom. The van der Waals surface area contributed by atoms with Crippen LogP contribution < -0.4 is 16.6 Å². The van der Waals surface area contributed by atoms with Crippen molar-refractivity contribution >= 4 is 39.5 Å². The number of pyridine rings is 1. The number of amides is 2. The van der Waals surface area contributed by atoms with Gasteiger partial charge in [0.1, 0.15) is 11.2 Å².